The second kappa shape index (κ2) is 8.42. The molecule has 0 fully saturated rings. The van der Waals surface area contributed by atoms with Gasteiger partial charge in [0.2, 0.25) is 0 Å². The zero-order valence-electron chi connectivity index (χ0n) is 15.1. The largest absolute Gasteiger partial charge is 0.466 e. The molecule has 0 N–H and O–H groups in total. The van der Waals surface area contributed by atoms with Crippen LogP contribution in [0.5, 0.6) is 0 Å². The summed E-state index contributed by atoms with van der Waals surface area (Å²) in [5.41, 5.74) is 0.836. The molecule has 4 nitrogen and oxygen atoms in total. The van der Waals surface area contributed by atoms with Crippen LogP contribution in [0.15, 0.2) is 11.6 Å². The molecular formula is C14H32O4Si3. The van der Waals surface area contributed by atoms with Crippen molar-refractivity contribution in [2.45, 2.75) is 65.1 Å². The van der Waals surface area contributed by atoms with Crippen molar-refractivity contribution in [3.63, 3.8) is 0 Å². The maximum Gasteiger partial charge on any atom is 0.333 e. The van der Waals surface area contributed by atoms with Crippen LogP contribution in [0.3, 0.4) is 0 Å². The molecular weight excluding hydrogens is 316 g/mol. The van der Waals surface area contributed by atoms with Gasteiger partial charge in [0.15, 0.2) is 16.6 Å². The molecule has 0 radical (unpaired) electrons. The van der Waals surface area contributed by atoms with Crippen LogP contribution in [-0.2, 0) is 17.8 Å². The van der Waals surface area contributed by atoms with Crippen molar-refractivity contribution < 1.29 is 17.8 Å². The predicted octanol–water partition coefficient (Wildman–Crippen LogP) is 3.81. The highest BCUT2D eigenvalue weighted by atomic mass is 28.4. The van der Waals surface area contributed by atoms with Gasteiger partial charge in [0.1, 0.15) is 0 Å². The highest BCUT2D eigenvalue weighted by Gasteiger charge is 2.33. The molecule has 0 saturated carbocycles. The number of hydrogen-bond acceptors (Lipinski definition) is 4. The Balaban J connectivity index is 5.29. The third-order valence-electron chi connectivity index (χ3n) is 2.73. The van der Waals surface area contributed by atoms with E-state index in [2.05, 4.69) is 46.2 Å². The number of esters is 1. The van der Waals surface area contributed by atoms with Crippen molar-refractivity contribution in [2.24, 2.45) is 0 Å². The van der Waals surface area contributed by atoms with Crippen LogP contribution < -0.4 is 0 Å². The second-order valence-electron chi connectivity index (χ2n) is 7.24. The van der Waals surface area contributed by atoms with Gasteiger partial charge in [-0.2, -0.15) is 0 Å². The summed E-state index contributed by atoms with van der Waals surface area (Å²) in [7, 11) is -3.80. The molecule has 0 aliphatic carbocycles. The molecule has 0 aliphatic rings. The van der Waals surface area contributed by atoms with Crippen LogP contribution >= 0.6 is 0 Å². The van der Waals surface area contributed by atoms with Gasteiger partial charge in [-0.3, -0.25) is 0 Å². The van der Waals surface area contributed by atoms with Crippen LogP contribution in [0, 0.1) is 0 Å². The van der Waals surface area contributed by atoms with E-state index in [0.29, 0.717) is 5.57 Å². The number of carbonyl (C=O) groups is 1. The van der Waals surface area contributed by atoms with Crippen LogP contribution in [0.1, 0.15) is 20.3 Å². The van der Waals surface area contributed by atoms with E-state index < -0.39 is 25.9 Å². The van der Waals surface area contributed by atoms with Gasteiger partial charge in [-0.05, 0) is 52.6 Å². The lowest BCUT2D eigenvalue weighted by Crippen LogP contribution is -2.45. The van der Waals surface area contributed by atoms with Crippen LogP contribution in [0.4, 0.5) is 0 Å². The number of carbonyl (C=O) groups excluding carboxylic acids is 1. The zero-order chi connectivity index (χ0) is 16.8. The molecule has 0 saturated heterocycles. The van der Waals surface area contributed by atoms with Crippen molar-refractivity contribution in [2.75, 3.05) is 7.11 Å². The average Bonchev–Trinajstić information content (AvgIpc) is 2.30. The molecule has 0 bridgehead atoms. The molecule has 7 heteroatoms. The SMILES string of the molecule is CCC(C=C(C)C(=O)OC)[SiH](O[Si](C)(C)C)O[Si](C)(C)C. The van der Waals surface area contributed by atoms with Gasteiger partial charge in [0.05, 0.1) is 7.11 Å². The van der Waals surface area contributed by atoms with Gasteiger partial charge in [-0.15, -0.1) is 0 Å². The molecule has 0 aromatic carbocycles. The number of allylic oxidation sites excluding steroid dienone is 1. The van der Waals surface area contributed by atoms with Crippen molar-refractivity contribution in [1.29, 1.82) is 0 Å². The van der Waals surface area contributed by atoms with Crippen molar-refractivity contribution in [1.82, 2.24) is 0 Å². The van der Waals surface area contributed by atoms with Gasteiger partial charge in [0.25, 0.3) is 0 Å². The predicted molar refractivity (Wildman–Crippen MR) is 95.8 cm³/mol. The zero-order valence-corrected chi connectivity index (χ0v) is 18.2. The molecule has 0 heterocycles. The summed E-state index contributed by atoms with van der Waals surface area (Å²) < 4.78 is 17.5. The number of ether oxygens (including phenoxy) is 1. The van der Waals surface area contributed by atoms with E-state index in [1.807, 2.05) is 6.08 Å². The van der Waals surface area contributed by atoms with Crippen molar-refractivity contribution in [3.05, 3.63) is 11.6 Å². The molecule has 124 valence electrons. The normalized spacial score (nSPS) is 15.2. The van der Waals surface area contributed by atoms with Gasteiger partial charge in [-0.1, -0.05) is 13.0 Å². The lowest BCUT2D eigenvalue weighted by molar-refractivity contribution is -0.136. The second-order valence-corrected chi connectivity index (χ2v) is 19.2. The van der Waals surface area contributed by atoms with E-state index in [0.717, 1.165) is 6.42 Å². The summed E-state index contributed by atoms with van der Waals surface area (Å²) in [6, 6.07) is 0. The Morgan fingerprint density at radius 3 is 1.81 bits per heavy atom. The van der Waals surface area contributed by atoms with E-state index in [9.17, 15) is 4.79 Å². The molecule has 0 amide bonds. The van der Waals surface area contributed by atoms with E-state index in [1.165, 1.54) is 7.11 Å². The summed E-state index contributed by atoms with van der Waals surface area (Å²) >= 11 is 0. The van der Waals surface area contributed by atoms with Gasteiger partial charge < -0.3 is 13.0 Å². The first kappa shape index (κ1) is 20.8. The first-order valence-electron chi connectivity index (χ1n) is 7.52. The molecule has 0 rings (SSSR count). The molecule has 1 unspecified atom stereocenters. The Morgan fingerprint density at radius 2 is 1.52 bits per heavy atom. The lowest BCUT2D eigenvalue weighted by Gasteiger charge is -2.34. The molecule has 0 aromatic rings. The highest BCUT2D eigenvalue weighted by molar-refractivity contribution is 6.81. The highest BCUT2D eigenvalue weighted by Crippen LogP contribution is 2.26. The van der Waals surface area contributed by atoms with Crippen LogP contribution in [-0.4, -0.2) is 39.0 Å². The average molecular weight is 349 g/mol. The summed E-state index contributed by atoms with van der Waals surface area (Å²) in [6.07, 6.45) is 2.91. The molecule has 0 aromatic heterocycles. The lowest BCUT2D eigenvalue weighted by atomic mass is 10.2. The van der Waals surface area contributed by atoms with E-state index in [-0.39, 0.29) is 11.5 Å². The summed E-state index contributed by atoms with van der Waals surface area (Å²) in [5.74, 6) is -0.276. The van der Waals surface area contributed by atoms with Crippen molar-refractivity contribution >= 4 is 31.9 Å². The molecule has 21 heavy (non-hydrogen) atoms. The number of rotatable bonds is 8. The fourth-order valence-corrected chi connectivity index (χ4v) is 10.3. The summed E-state index contributed by atoms with van der Waals surface area (Å²) in [4.78, 5) is 11.6. The van der Waals surface area contributed by atoms with Crippen LogP contribution in [0.25, 0.3) is 0 Å². The quantitative estimate of drug-likeness (QED) is 0.380. The minimum atomic E-state index is -1.87. The summed E-state index contributed by atoms with van der Waals surface area (Å²) in [6.45, 7) is 17.0. The first-order valence-corrected chi connectivity index (χ1v) is 15.9. The maximum atomic E-state index is 11.6. The van der Waals surface area contributed by atoms with E-state index in [4.69, 9.17) is 13.0 Å². The Morgan fingerprint density at radius 1 is 1.10 bits per heavy atom. The Bertz CT molecular complexity index is 353. The summed E-state index contributed by atoms with van der Waals surface area (Å²) in [5, 5.41) is 0. The fourth-order valence-electron chi connectivity index (χ4n) is 1.83. The van der Waals surface area contributed by atoms with Gasteiger partial charge in [0, 0.05) is 11.1 Å². The molecule has 1 atom stereocenters. The van der Waals surface area contributed by atoms with E-state index >= 15 is 0 Å². The third-order valence-corrected chi connectivity index (χ3v) is 11.6. The van der Waals surface area contributed by atoms with Gasteiger partial charge >= 0.3 is 15.3 Å². The Labute approximate surface area is 134 Å². The molecule has 0 aliphatic heterocycles. The smallest absolute Gasteiger partial charge is 0.333 e. The number of methoxy groups -OCH3 is 1. The van der Waals surface area contributed by atoms with Crippen molar-refractivity contribution in [3.8, 4) is 0 Å². The third kappa shape index (κ3) is 9.41. The Hall–Kier alpha value is -0.219. The number of hydrogen-bond donors (Lipinski definition) is 0. The standard InChI is InChI=1S/C14H32O4Si3/c1-10-13(11-12(2)14(15)16-3)19(17-20(4,5)6)18-21(7,8)9/h11,13,19H,10H2,1-9H3. The monoisotopic (exact) mass is 348 g/mol. The van der Waals surface area contributed by atoms with Crippen LogP contribution in [0.2, 0.25) is 44.8 Å². The Kier molecular flexibility index (Phi) is 8.33. The topological polar surface area (TPSA) is 44.8 Å². The minimum absolute atomic E-state index is 0.197. The van der Waals surface area contributed by atoms with Gasteiger partial charge in [-0.25, -0.2) is 4.79 Å². The molecule has 0 spiro atoms. The van der Waals surface area contributed by atoms with E-state index in [1.54, 1.807) is 6.92 Å². The minimum Gasteiger partial charge on any atom is -0.466 e. The first-order chi connectivity index (χ1) is 9.39. The maximum absolute atomic E-state index is 11.6. The fraction of sp³-hybridized carbons (Fsp3) is 0.786.